The van der Waals surface area contributed by atoms with Crippen molar-refractivity contribution in [3.63, 3.8) is 0 Å². The van der Waals surface area contributed by atoms with Crippen molar-refractivity contribution in [3.05, 3.63) is 95.2 Å². The fraction of sp³-hybridized carbons (Fsp3) is 0.148. The van der Waals surface area contributed by atoms with E-state index in [0.717, 1.165) is 29.9 Å². The number of amides is 1. The molecule has 0 bridgehead atoms. The Balaban J connectivity index is 1.71. The molecule has 0 unspecified atom stereocenters. The molecule has 3 aromatic rings. The molecule has 0 saturated carbocycles. The first-order valence-electron chi connectivity index (χ1n) is 11.1. The third kappa shape index (κ3) is 4.83. The lowest BCUT2D eigenvalue weighted by Crippen LogP contribution is -2.27. The molecule has 7 heteroatoms. The lowest BCUT2D eigenvalue weighted by Gasteiger charge is -2.21. The highest BCUT2D eigenvalue weighted by molar-refractivity contribution is 6.19. The van der Waals surface area contributed by atoms with Crippen LogP contribution in [0.3, 0.4) is 0 Å². The molecule has 34 heavy (non-hydrogen) atoms. The number of benzene rings is 3. The molecule has 0 spiro atoms. The van der Waals surface area contributed by atoms with Crippen LogP contribution in [0.5, 0.6) is 11.5 Å². The molecule has 1 aliphatic heterocycles. The van der Waals surface area contributed by atoms with Crippen molar-refractivity contribution >= 4 is 29.7 Å². The number of rotatable bonds is 7. The van der Waals surface area contributed by atoms with Gasteiger partial charge in [-0.05, 0) is 55.8 Å². The molecule has 4 rings (SSSR count). The minimum atomic E-state index is -0.387. The van der Waals surface area contributed by atoms with Crippen LogP contribution in [0, 0.1) is 0 Å². The minimum absolute atomic E-state index is 0.0735. The lowest BCUT2D eigenvalue weighted by molar-refractivity contribution is -0.122. The molecule has 172 valence electrons. The number of hydrogen-bond acceptors (Lipinski definition) is 6. The number of phenols is 2. The van der Waals surface area contributed by atoms with Gasteiger partial charge in [-0.3, -0.25) is 4.79 Å². The number of aromatic hydroxyl groups is 2. The first-order valence-corrected chi connectivity index (χ1v) is 11.1. The highest BCUT2D eigenvalue weighted by atomic mass is 16.3. The maximum atomic E-state index is 13.2. The summed E-state index contributed by atoms with van der Waals surface area (Å²) in [7, 11) is 0. The number of amidine groups is 1. The van der Waals surface area contributed by atoms with Crippen LogP contribution in [0.4, 0.5) is 5.69 Å². The number of aliphatic imine (C=N–C) groups is 1. The van der Waals surface area contributed by atoms with Gasteiger partial charge in [-0.15, -0.1) is 0 Å². The Bertz CT molecular complexity index is 1260. The van der Waals surface area contributed by atoms with Gasteiger partial charge in [0, 0.05) is 29.9 Å². The quantitative estimate of drug-likeness (QED) is 0.403. The summed E-state index contributed by atoms with van der Waals surface area (Å²) >= 11 is 0. The number of hydrogen-bond donors (Lipinski definition) is 2. The average Bonchev–Trinajstić information content (AvgIpc) is 3.17. The number of carbonyl (C=O) groups is 1. The van der Waals surface area contributed by atoms with E-state index in [0.29, 0.717) is 11.4 Å². The van der Waals surface area contributed by atoms with Gasteiger partial charge in [-0.25, -0.2) is 4.99 Å². The molecule has 0 aromatic heterocycles. The van der Waals surface area contributed by atoms with Gasteiger partial charge in [0.15, 0.2) is 5.84 Å². The van der Waals surface area contributed by atoms with Crippen molar-refractivity contribution in [3.8, 4) is 11.5 Å². The summed E-state index contributed by atoms with van der Waals surface area (Å²) in [5.41, 5.74) is 3.15. The van der Waals surface area contributed by atoms with E-state index in [1.54, 1.807) is 36.4 Å². The predicted molar refractivity (Wildman–Crippen MR) is 135 cm³/mol. The monoisotopic (exact) mass is 454 g/mol. The molecular formula is C27H26N4O3. The molecule has 7 nitrogen and oxygen atoms in total. The molecular weight excluding hydrogens is 428 g/mol. The fourth-order valence-electron chi connectivity index (χ4n) is 3.67. The summed E-state index contributed by atoms with van der Waals surface area (Å²) < 4.78 is 0. The Kier molecular flexibility index (Phi) is 6.73. The largest absolute Gasteiger partial charge is 0.508 e. The molecule has 1 amide bonds. The van der Waals surface area contributed by atoms with Crippen LogP contribution in [0.25, 0.3) is 6.08 Å². The Morgan fingerprint density at radius 2 is 1.68 bits per heavy atom. The van der Waals surface area contributed by atoms with Gasteiger partial charge in [0.1, 0.15) is 17.2 Å². The van der Waals surface area contributed by atoms with Crippen LogP contribution in [0.1, 0.15) is 30.5 Å². The molecule has 3 aromatic carbocycles. The molecule has 0 radical (unpaired) electrons. The van der Waals surface area contributed by atoms with Crippen molar-refractivity contribution in [2.24, 2.45) is 10.1 Å². The zero-order valence-electron chi connectivity index (χ0n) is 19.1. The standard InChI is InChI=1S/C27H26N4O3/c1-3-30(4-2)22-12-15-25(33)21(17-22)18-28-31-26(20-8-6-5-7-9-20)29-24(27(31)34)16-19-10-13-23(32)14-11-19/h5-18,32-33H,3-4H2,1-2H3/b24-16-,28-18+. The molecule has 0 saturated heterocycles. The van der Waals surface area contributed by atoms with Crippen LogP contribution in [-0.2, 0) is 4.79 Å². The number of carbonyl (C=O) groups excluding carboxylic acids is 1. The van der Waals surface area contributed by atoms with E-state index in [-0.39, 0.29) is 23.1 Å². The van der Waals surface area contributed by atoms with Crippen LogP contribution >= 0.6 is 0 Å². The maximum Gasteiger partial charge on any atom is 0.298 e. The summed E-state index contributed by atoms with van der Waals surface area (Å²) in [6.07, 6.45) is 3.13. The molecule has 0 atom stereocenters. The minimum Gasteiger partial charge on any atom is -0.508 e. The lowest BCUT2D eigenvalue weighted by atomic mass is 10.1. The second-order valence-corrected chi connectivity index (χ2v) is 7.70. The molecule has 0 aliphatic carbocycles. The Hall–Kier alpha value is -4.39. The van der Waals surface area contributed by atoms with E-state index >= 15 is 0 Å². The van der Waals surface area contributed by atoms with Crippen molar-refractivity contribution in [2.45, 2.75) is 13.8 Å². The number of anilines is 1. The van der Waals surface area contributed by atoms with Gasteiger partial charge < -0.3 is 15.1 Å². The summed E-state index contributed by atoms with van der Waals surface area (Å²) in [5, 5.41) is 25.6. The van der Waals surface area contributed by atoms with E-state index in [9.17, 15) is 15.0 Å². The van der Waals surface area contributed by atoms with Crippen LogP contribution < -0.4 is 4.90 Å². The van der Waals surface area contributed by atoms with E-state index in [1.165, 1.54) is 11.2 Å². The highest BCUT2D eigenvalue weighted by Gasteiger charge is 2.31. The van der Waals surface area contributed by atoms with E-state index < -0.39 is 0 Å². The third-order valence-corrected chi connectivity index (χ3v) is 5.52. The maximum absolute atomic E-state index is 13.2. The number of nitrogens with zero attached hydrogens (tertiary/aromatic N) is 4. The van der Waals surface area contributed by atoms with Crippen molar-refractivity contribution in [1.82, 2.24) is 5.01 Å². The van der Waals surface area contributed by atoms with Gasteiger partial charge >= 0.3 is 0 Å². The Labute approximate surface area is 198 Å². The zero-order chi connectivity index (χ0) is 24.1. The normalized spacial score (nSPS) is 14.8. The highest BCUT2D eigenvalue weighted by Crippen LogP contribution is 2.25. The first-order chi connectivity index (χ1) is 16.5. The molecule has 1 aliphatic rings. The van der Waals surface area contributed by atoms with Crippen molar-refractivity contribution in [1.29, 1.82) is 0 Å². The SMILES string of the molecule is CCN(CC)c1ccc(O)c(/C=N/N2C(=O)/C(=C/c3ccc(O)cc3)N=C2c2ccccc2)c1. The average molecular weight is 455 g/mol. The summed E-state index contributed by atoms with van der Waals surface area (Å²) in [6.45, 7) is 5.80. The number of phenolic OH excluding ortho intramolecular Hbond substituents is 2. The topological polar surface area (TPSA) is 88.7 Å². The van der Waals surface area contributed by atoms with E-state index in [2.05, 4.69) is 28.8 Å². The predicted octanol–water partition coefficient (Wildman–Crippen LogP) is 4.61. The first kappa shape index (κ1) is 22.8. The summed E-state index contributed by atoms with van der Waals surface area (Å²) in [5.74, 6) is 0.226. The van der Waals surface area contributed by atoms with Gasteiger partial charge in [-0.2, -0.15) is 10.1 Å². The van der Waals surface area contributed by atoms with Crippen LogP contribution in [0.2, 0.25) is 0 Å². The Morgan fingerprint density at radius 3 is 2.35 bits per heavy atom. The fourth-order valence-corrected chi connectivity index (χ4v) is 3.67. The summed E-state index contributed by atoms with van der Waals surface area (Å²) in [4.78, 5) is 20.0. The van der Waals surface area contributed by atoms with Gasteiger partial charge in [0.05, 0.1) is 6.21 Å². The van der Waals surface area contributed by atoms with Crippen molar-refractivity contribution < 1.29 is 15.0 Å². The summed E-state index contributed by atoms with van der Waals surface area (Å²) in [6, 6.07) is 21.2. The smallest absolute Gasteiger partial charge is 0.298 e. The van der Waals surface area contributed by atoms with Gasteiger partial charge in [0.25, 0.3) is 5.91 Å². The van der Waals surface area contributed by atoms with E-state index in [4.69, 9.17) is 0 Å². The van der Waals surface area contributed by atoms with E-state index in [1.807, 2.05) is 42.5 Å². The van der Waals surface area contributed by atoms with Gasteiger partial charge in [-0.1, -0.05) is 42.5 Å². The molecule has 0 fully saturated rings. The van der Waals surface area contributed by atoms with Gasteiger partial charge in [0.2, 0.25) is 0 Å². The zero-order valence-corrected chi connectivity index (χ0v) is 19.1. The van der Waals surface area contributed by atoms with Crippen molar-refractivity contribution in [2.75, 3.05) is 18.0 Å². The third-order valence-electron chi connectivity index (χ3n) is 5.52. The van der Waals surface area contributed by atoms with Crippen LogP contribution in [-0.4, -0.2) is 46.3 Å². The number of hydrazone groups is 1. The molecule has 2 N–H and O–H groups in total. The molecule has 1 heterocycles. The Morgan fingerprint density at radius 1 is 0.971 bits per heavy atom. The van der Waals surface area contributed by atoms with Crippen LogP contribution in [0.15, 0.2) is 88.6 Å². The second kappa shape index (κ2) is 10.0. The second-order valence-electron chi connectivity index (χ2n) is 7.70.